The van der Waals surface area contributed by atoms with Crippen LogP contribution in [0.4, 0.5) is 5.95 Å². The van der Waals surface area contributed by atoms with Gasteiger partial charge in [0.15, 0.2) is 22.7 Å². The number of anilines is 1. The van der Waals surface area contributed by atoms with Crippen LogP contribution < -0.4 is 11.3 Å². The first-order valence-corrected chi connectivity index (χ1v) is 5.31. The van der Waals surface area contributed by atoms with Crippen LogP contribution in [0.1, 0.15) is 0 Å². The number of nitrogens with two attached hydrogens (primary N) is 1. The molecule has 8 nitrogen and oxygen atoms in total. The number of hydrogen-bond donors (Lipinski definition) is 4. The van der Waals surface area contributed by atoms with E-state index in [0.29, 0.717) is 5.69 Å². The number of aromatic amines is 1. The van der Waals surface area contributed by atoms with Gasteiger partial charge in [-0.3, -0.25) is 14.3 Å². The van der Waals surface area contributed by atoms with Gasteiger partial charge in [0.1, 0.15) is 6.33 Å². The van der Waals surface area contributed by atoms with Crippen LogP contribution >= 0.6 is 0 Å². The maximum atomic E-state index is 11.9. The number of nitrogen functional groups attached to an aromatic ring is 1. The molecule has 0 saturated heterocycles. The fraction of sp³-hybridized carbons (Fsp3) is 0. The third-order valence-corrected chi connectivity index (χ3v) is 2.67. The van der Waals surface area contributed by atoms with Crippen LogP contribution in [-0.2, 0) is 0 Å². The van der Waals surface area contributed by atoms with E-state index < -0.39 is 5.56 Å². The number of H-pyrrole nitrogens is 1. The maximum Gasteiger partial charge on any atom is 0.278 e. The van der Waals surface area contributed by atoms with Crippen molar-refractivity contribution in [2.45, 2.75) is 0 Å². The van der Waals surface area contributed by atoms with Gasteiger partial charge in [-0.15, -0.1) is 0 Å². The lowest BCUT2D eigenvalue weighted by Crippen LogP contribution is -2.13. The number of hydrogen-bond acceptors (Lipinski definition) is 6. The number of aromatic nitrogens is 4. The average molecular weight is 259 g/mol. The molecule has 0 aliphatic heterocycles. The molecule has 0 atom stereocenters. The number of nitrogens with zero attached hydrogens (tertiary/aromatic N) is 3. The Bertz CT molecular complexity index is 836. The van der Waals surface area contributed by atoms with Gasteiger partial charge in [0.25, 0.3) is 5.56 Å². The van der Waals surface area contributed by atoms with Gasteiger partial charge in [-0.2, -0.15) is 4.98 Å². The Hall–Kier alpha value is -3.03. The summed E-state index contributed by atoms with van der Waals surface area (Å²) in [5, 5.41) is 18.8. The van der Waals surface area contributed by atoms with Gasteiger partial charge in [0.2, 0.25) is 5.95 Å². The molecule has 19 heavy (non-hydrogen) atoms. The number of aromatic hydroxyl groups is 2. The molecule has 2 aromatic heterocycles. The van der Waals surface area contributed by atoms with Crippen molar-refractivity contribution in [3.63, 3.8) is 0 Å². The van der Waals surface area contributed by atoms with E-state index in [1.807, 2.05) is 0 Å². The Labute approximate surface area is 105 Å². The van der Waals surface area contributed by atoms with Crippen LogP contribution in [-0.4, -0.2) is 29.7 Å². The topological polar surface area (TPSA) is 130 Å². The Morgan fingerprint density at radius 2 is 2.05 bits per heavy atom. The zero-order chi connectivity index (χ0) is 13.6. The summed E-state index contributed by atoms with van der Waals surface area (Å²) >= 11 is 0. The van der Waals surface area contributed by atoms with E-state index in [0.717, 1.165) is 0 Å². The molecule has 0 radical (unpaired) electrons. The standard InChI is InChI=1S/C11H9N5O3/c12-11-14-9-8(10(19)15-11)16(4-13-9)5-1-2-6(17)7(18)3-5/h1-4,17-18H,(H3,12,14,15,19). The summed E-state index contributed by atoms with van der Waals surface area (Å²) in [6.45, 7) is 0. The largest absolute Gasteiger partial charge is 0.504 e. The first kappa shape index (κ1) is 11.1. The van der Waals surface area contributed by atoms with Crippen LogP contribution in [0.2, 0.25) is 0 Å². The first-order valence-electron chi connectivity index (χ1n) is 5.31. The van der Waals surface area contributed by atoms with Gasteiger partial charge in [-0.25, -0.2) is 4.98 Å². The summed E-state index contributed by atoms with van der Waals surface area (Å²) in [5.41, 5.74) is 5.87. The van der Waals surface area contributed by atoms with Crippen molar-refractivity contribution < 1.29 is 10.2 Å². The van der Waals surface area contributed by atoms with Crippen LogP contribution in [0.3, 0.4) is 0 Å². The van der Waals surface area contributed by atoms with Gasteiger partial charge in [-0.1, -0.05) is 0 Å². The molecular weight excluding hydrogens is 250 g/mol. The number of fused-ring (bicyclic) bond motifs is 1. The molecule has 0 unspecified atom stereocenters. The second-order valence-corrected chi connectivity index (χ2v) is 3.91. The van der Waals surface area contributed by atoms with E-state index >= 15 is 0 Å². The Morgan fingerprint density at radius 1 is 1.26 bits per heavy atom. The van der Waals surface area contributed by atoms with E-state index in [1.54, 1.807) is 0 Å². The number of phenolic OH excluding ortho intramolecular Hbond substituents is 2. The molecule has 2 heterocycles. The lowest BCUT2D eigenvalue weighted by molar-refractivity contribution is 0.403. The lowest BCUT2D eigenvalue weighted by Gasteiger charge is -2.05. The molecule has 0 aliphatic carbocycles. The van der Waals surface area contributed by atoms with E-state index in [2.05, 4.69) is 15.0 Å². The summed E-state index contributed by atoms with van der Waals surface area (Å²) in [7, 11) is 0. The Balaban J connectivity index is 2.31. The molecule has 0 fully saturated rings. The van der Waals surface area contributed by atoms with Crippen molar-refractivity contribution in [1.29, 1.82) is 0 Å². The SMILES string of the molecule is Nc1nc2ncn(-c3ccc(O)c(O)c3)c2c(=O)[nH]1. The van der Waals surface area contributed by atoms with E-state index in [9.17, 15) is 15.0 Å². The summed E-state index contributed by atoms with van der Waals surface area (Å²) in [6.07, 6.45) is 1.39. The Kier molecular flexibility index (Phi) is 2.18. The first-order chi connectivity index (χ1) is 9.06. The minimum atomic E-state index is -0.437. The fourth-order valence-electron chi connectivity index (χ4n) is 1.81. The van der Waals surface area contributed by atoms with E-state index in [4.69, 9.17) is 5.73 Å². The molecule has 5 N–H and O–H groups in total. The minimum absolute atomic E-state index is 0.0173. The highest BCUT2D eigenvalue weighted by atomic mass is 16.3. The quantitative estimate of drug-likeness (QED) is 0.458. The summed E-state index contributed by atoms with van der Waals surface area (Å²) < 4.78 is 1.44. The number of phenols is 2. The van der Waals surface area contributed by atoms with Gasteiger partial charge in [-0.05, 0) is 12.1 Å². The number of rotatable bonds is 1. The predicted molar refractivity (Wildman–Crippen MR) is 67.2 cm³/mol. The van der Waals surface area contributed by atoms with Crippen LogP contribution in [0.25, 0.3) is 16.9 Å². The van der Waals surface area contributed by atoms with Crippen molar-refractivity contribution in [2.75, 3.05) is 5.73 Å². The molecular formula is C11H9N5O3. The Morgan fingerprint density at radius 3 is 2.79 bits per heavy atom. The number of imidazole rings is 1. The number of benzene rings is 1. The molecule has 0 saturated carbocycles. The van der Waals surface area contributed by atoms with Crippen LogP contribution in [0.5, 0.6) is 11.5 Å². The fourth-order valence-corrected chi connectivity index (χ4v) is 1.81. The highest BCUT2D eigenvalue weighted by Gasteiger charge is 2.12. The van der Waals surface area contributed by atoms with Gasteiger partial charge in [0.05, 0.1) is 5.69 Å². The smallest absolute Gasteiger partial charge is 0.278 e. The number of nitrogens with one attached hydrogen (secondary N) is 1. The average Bonchev–Trinajstić information content (AvgIpc) is 2.76. The molecule has 1 aromatic carbocycles. The maximum absolute atomic E-state index is 11.9. The highest BCUT2D eigenvalue weighted by Crippen LogP contribution is 2.27. The molecule has 0 amide bonds. The van der Waals surface area contributed by atoms with Crippen molar-refractivity contribution in [3.8, 4) is 17.2 Å². The molecule has 3 rings (SSSR count). The van der Waals surface area contributed by atoms with Gasteiger partial charge in [0, 0.05) is 6.07 Å². The summed E-state index contributed by atoms with van der Waals surface area (Å²) in [5.74, 6) is -0.556. The summed E-state index contributed by atoms with van der Waals surface area (Å²) in [4.78, 5) is 22.1. The minimum Gasteiger partial charge on any atom is -0.504 e. The van der Waals surface area contributed by atoms with Gasteiger partial charge < -0.3 is 15.9 Å². The normalized spacial score (nSPS) is 10.9. The summed E-state index contributed by atoms with van der Waals surface area (Å²) in [6, 6.07) is 4.16. The second-order valence-electron chi connectivity index (χ2n) is 3.91. The third kappa shape index (κ3) is 1.66. The molecule has 96 valence electrons. The van der Waals surface area contributed by atoms with Crippen molar-refractivity contribution in [2.24, 2.45) is 0 Å². The highest BCUT2D eigenvalue weighted by molar-refractivity contribution is 5.73. The third-order valence-electron chi connectivity index (χ3n) is 2.67. The molecule has 0 aliphatic rings. The molecule has 0 spiro atoms. The zero-order valence-corrected chi connectivity index (χ0v) is 9.53. The zero-order valence-electron chi connectivity index (χ0n) is 9.53. The van der Waals surface area contributed by atoms with E-state index in [-0.39, 0.29) is 28.6 Å². The van der Waals surface area contributed by atoms with Crippen molar-refractivity contribution in [3.05, 3.63) is 34.9 Å². The van der Waals surface area contributed by atoms with Crippen LogP contribution in [0, 0.1) is 0 Å². The molecule has 3 aromatic rings. The van der Waals surface area contributed by atoms with Crippen LogP contribution in [0.15, 0.2) is 29.3 Å². The van der Waals surface area contributed by atoms with Crippen molar-refractivity contribution in [1.82, 2.24) is 19.5 Å². The monoisotopic (exact) mass is 259 g/mol. The molecule has 0 bridgehead atoms. The predicted octanol–water partition coefficient (Wildman–Crippen LogP) is 0.102. The molecule has 8 heteroatoms. The van der Waals surface area contributed by atoms with E-state index in [1.165, 1.54) is 29.1 Å². The van der Waals surface area contributed by atoms with Gasteiger partial charge >= 0.3 is 0 Å². The second kappa shape index (κ2) is 3.73. The lowest BCUT2D eigenvalue weighted by atomic mass is 10.2. The van der Waals surface area contributed by atoms with Crippen molar-refractivity contribution >= 4 is 17.1 Å².